The molecule has 0 saturated carbocycles. The summed E-state index contributed by atoms with van der Waals surface area (Å²) in [4.78, 5) is 13.9. The Labute approximate surface area is 107 Å². The molecule has 0 fully saturated rings. The third kappa shape index (κ3) is 7.37. The fourth-order valence-corrected chi connectivity index (χ4v) is 2.02. The number of hydrogen-bond acceptors (Lipinski definition) is 2. The van der Waals surface area contributed by atoms with E-state index in [-0.39, 0.29) is 18.0 Å². The van der Waals surface area contributed by atoms with Gasteiger partial charge in [-0.15, -0.1) is 0 Å². The van der Waals surface area contributed by atoms with Crippen LogP contribution in [0.15, 0.2) is 0 Å². The first-order valence-electron chi connectivity index (χ1n) is 6.89. The monoisotopic (exact) mass is 243 g/mol. The van der Waals surface area contributed by atoms with Crippen molar-refractivity contribution in [1.82, 2.24) is 4.90 Å². The number of rotatable bonds is 9. The van der Waals surface area contributed by atoms with Crippen LogP contribution in [-0.2, 0) is 9.53 Å². The summed E-state index contributed by atoms with van der Waals surface area (Å²) >= 11 is 0. The van der Waals surface area contributed by atoms with E-state index in [1.54, 1.807) is 0 Å². The van der Waals surface area contributed by atoms with Gasteiger partial charge in [-0.05, 0) is 34.1 Å². The molecule has 0 bridgehead atoms. The standard InChI is InChI=1S/C14H29NO2/c1-6-7-8-10-17-11-9-14(16)15(12(2)3)13(4)5/h12-13H,6-11H2,1-5H3. The van der Waals surface area contributed by atoms with E-state index < -0.39 is 0 Å². The summed E-state index contributed by atoms with van der Waals surface area (Å²) in [7, 11) is 0. The average molecular weight is 243 g/mol. The molecule has 0 heterocycles. The predicted octanol–water partition coefficient (Wildman–Crippen LogP) is 3.23. The van der Waals surface area contributed by atoms with E-state index in [4.69, 9.17) is 4.74 Å². The highest BCUT2D eigenvalue weighted by molar-refractivity contribution is 5.76. The molecule has 0 spiro atoms. The maximum absolute atomic E-state index is 12.0. The number of carbonyl (C=O) groups is 1. The zero-order valence-corrected chi connectivity index (χ0v) is 12.2. The third-order valence-corrected chi connectivity index (χ3v) is 2.75. The zero-order chi connectivity index (χ0) is 13.3. The average Bonchev–Trinajstić information content (AvgIpc) is 2.22. The first-order valence-corrected chi connectivity index (χ1v) is 6.89. The highest BCUT2D eigenvalue weighted by atomic mass is 16.5. The molecule has 0 radical (unpaired) electrons. The summed E-state index contributed by atoms with van der Waals surface area (Å²) in [6.45, 7) is 11.7. The largest absolute Gasteiger partial charge is 0.381 e. The van der Waals surface area contributed by atoms with Crippen LogP contribution >= 0.6 is 0 Å². The second-order valence-electron chi connectivity index (χ2n) is 5.06. The number of carbonyl (C=O) groups excluding carboxylic acids is 1. The molecule has 3 nitrogen and oxygen atoms in total. The first kappa shape index (κ1) is 16.4. The quantitative estimate of drug-likeness (QED) is 0.582. The molecular formula is C14H29NO2. The van der Waals surface area contributed by atoms with Gasteiger partial charge >= 0.3 is 0 Å². The Morgan fingerprint density at radius 3 is 2.12 bits per heavy atom. The molecule has 0 aliphatic carbocycles. The van der Waals surface area contributed by atoms with E-state index in [9.17, 15) is 4.79 Å². The van der Waals surface area contributed by atoms with Crippen molar-refractivity contribution in [3.63, 3.8) is 0 Å². The van der Waals surface area contributed by atoms with Crippen LogP contribution in [0.4, 0.5) is 0 Å². The van der Waals surface area contributed by atoms with Gasteiger partial charge in [-0.3, -0.25) is 4.79 Å². The molecule has 102 valence electrons. The highest BCUT2D eigenvalue weighted by Crippen LogP contribution is 2.07. The molecule has 0 aliphatic heterocycles. The molecule has 1 amide bonds. The number of amides is 1. The van der Waals surface area contributed by atoms with Gasteiger partial charge < -0.3 is 9.64 Å². The van der Waals surface area contributed by atoms with Gasteiger partial charge in [-0.2, -0.15) is 0 Å². The fraction of sp³-hybridized carbons (Fsp3) is 0.929. The van der Waals surface area contributed by atoms with Crippen LogP contribution in [0.3, 0.4) is 0 Å². The predicted molar refractivity (Wildman–Crippen MR) is 72.1 cm³/mol. The Morgan fingerprint density at radius 2 is 1.65 bits per heavy atom. The molecular weight excluding hydrogens is 214 g/mol. The van der Waals surface area contributed by atoms with Crippen LogP contribution in [0.2, 0.25) is 0 Å². The van der Waals surface area contributed by atoms with Gasteiger partial charge in [-0.1, -0.05) is 19.8 Å². The Kier molecular flexibility index (Phi) is 9.14. The molecule has 0 aromatic rings. The molecule has 0 aromatic carbocycles. The minimum Gasteiger partial charge on any atom is -0.381 e. The molecule has 0 aromatic heterocycles. The maximum atomic E-state index is 12.0. The molecule has 0 unspecified atom stereocenters. The second-order valence-corrected chi connectivity index (χ2v) is 5.06. The second kappa shape index (κ2) is 9.46. The van der Waals surface area contributed by atoms with Crippen LogP contribution in [0, 0.1) is 0 Å². The summed E-state index contributed by atoms with van der Waals surface area (Å²) in [5.74, 6) is 0.200. The van der Waals surface area contributed by atoms with E-state index in [0.717, 1.165) is 13.0 Å². The van der Waals surface area contributed by atoms with Crippen molar-refractivity contribution in [2.24, 2.45) is 0 Å². The van der Waals surface area contributed by atoms with E-state index in [1.165, 1.54) is 12.8 Å². The lowest BCUT2D eigenvalue weighted by Gasteiger charge is -2.30. The molecule has 0 N–H and O–H groups in total. The van der Waals surface area contributed by atoms with Gasteiger partial charge in [0.15, 0.2) is 0 Å². The van der Waals surface area contributed by atoms with Crippen molar-refractivity contribution in [1.29, 1.82) is 0 Å². The van der Waals surface area contributed by atoms with Crippen molar-refractivity contribution in [3.8, 4) is 0 Å². The lowest BCUT2D eigenvalue weighted by Crippen LogP contribution is -2.42. The Morgan fingerprint density at radius 1 is 1.06 bits per heavy atom. The lowest BCUT2D eigenvalue weighted by atomic mass is 10.2. The van der Waals surface area contributed by atoms with Crippen LogP contribution in [-0.4, -0.2) is 36.1 Å². The fourth-order valence-electron chi connectivity index (χ4n) is 2.02. The van der Waals surface area contributed by atoms with Crippen molar-refractivity contribution in [3.05, 3.63) is 0 Å². The van der Waals surface area contributed by atoms with Gasteiger partial charge in [0.1, 0.15) is 0 Å². The minimum atomic E-state index is 0.200. The SMILES string of the molecule is CCCCCOCCC(=O)N(C(C)C)C(C)C. The Bertz CT molecular complexity index is 194. The maximum Gasteiger partial charge on any atom is 0.225 e. The van der Waals surface area contributed by atoms with Gasteiger partial charge in [0, 0.05) is 18.7 Å². The Balaban J connectivity index is 3.76. The number of nitrogens with zero attached hydrogens (tertiary/aromatic N) is 1. The summed E-state index contributed by atoms with van der Waals surface area (Å²) < 4.78 is 5.47. The molecule has 0 atom stereocenters. The third-order valence-electron chi connectivity index (χ3n) is 2.75. The molecule has 3 heteroatoms. The van der Waals surface area contributed by atoms with Crippen LogP contribution in [0.5, 0.6) is 0 Å². The summed E-state index contributed by atoms with van der Waals surface area (Å²) in [6.07, 6.45) is 4.01. The van der Waals surface area contributed by atoms with Crippen LogP contribution < -0.4 is 0 Å². The molecule has 0 rings (SSSR count). The van der Waals surface area contributed by atoms with Crippen molar-refractivity contribution >= 4 is 5.91 Å². The van der Waals surface area contributed by atoms with E-state index >= 15 is 0 Å². The summed E-state index contributed by atoms with van der Waals surface area (Å²) in [5, 5.41) is 0. The number of ether oxygens (including phenoxy) is 1. The minimum absolute atomic E-state index is 0.200. The van der Waals surface area contributed by atoms with Crippen LogP contribution in [0.1, 0.15) is 60.3 Å². The van der Waals surface area contributed by atoms with Crippen molar-refractivity contribution < 1.29 is 9.53 Å². The zero-order valence-electron chi connectivity index (χ0n) is 12.2. The molecule has 0 aliphatic rings. The first-order chi connectivity index (χ1) is 8.00. The normalized spacial score (nSPS) is 11.2. The van der Waals surface area contributed by atoms with Crippen LogP contribution in [0.25, 0.3) is 0 Å². The topological polar surface area (TPSA) is 29.5 Å². The Hall–Kier alpha value is -0.570. The lowest BCUT2D eigenvalue weighted by molar-refractivity contribution is -0.135. The molecule has 0 saturated heterocycles. The smallest absolute Gasteiger partial charge is 0.225 e. The van der Waals surface area contributed by atoms with Gasteiger partial charge in [0.05, 0.1) is 13.0 Å². The van der Waals surface area contributed by atoms with Gasteiger partial charge in [-0.25, -0.2) is 0 Å². The van der Waals surface area contributed by atoms with Crippen molar-refractivity contribution in [2.45, 2.75) is 72.4 Å². The van der Waals surface area contributed by atoms with Gasteiger partial charge in [0.25, 0.3) is 0 Å². The number of unbranched alkanes of at least 4 members (excludes halogenated alkanes) is 2. The number of hydrogen-bond donors (Lipinski definition) is 0. The van der Waals surface area contributed by atoms with E-state index in [1.807, 2.05) is 4.90 Å². The summed E-state index contributed by atoms with van der Waals surface area (Å²) in [5.41, 5.74) is 0. The van der Waals surface area contributed by atoms with Gasteiger partial charge in [0.2, 0.25) is 5.91 Å². The van der Waals surface area contributed by atoms with Crippen molar-refractivity contribution in [2.75, 3.05) is 13.2 Å². The van der Waals surface area contributed by atoms with E-state index in [2.05, 4.69) is 34.6 Å². The molecule has 17 heavy (non-hydrogen) atoms. The summed E-state index contributed by atoms with van der Waals surface area (Å²) in [6, 6.07) is 0.533. The highest BCUT2D eigenvalue weighted by Gasteiger charge is 2.19. The van der Waals surface area contributed by atoms with E-state index in [0.29, 0.717) is 13.0 Å².